The predicted octanol–water partition coefficient (Wildman–Crippen LogP) is 1.00. The van der Waals surface area contributed by atoms with E-state index in [1.807, 2.05) is 30.3 Å². The standard InChI is InChI=1S/C29H37N3O9/c1-18(26(37)31-23(14-15-24(35)36)29(40)41-17-7-6-16-33)30-28(39)25(19(2)34)32-27(38)22-12-10-21(11-13-22)20-8-4-3-5-9-20/h3-5,8-13,18-19,23,25,33-34H,6-7,14-17H2,1-2H3,(H,30,39)(H,31,37)(H,32,38)(H,35,36)/t18-,19+,23-,25-/m0/s1. The first-order valence-electron chi connectivity index (χ1n) is 13.3. The second-order valence-electron chi connectivity index (χ2n) is 9.46. The van der Waals surface area contributed by atoms with Crippen molar-refractivity contribution in [2.45, 2.75) is 63.8 Å². The summed E-state index contributed by atoms with van der Waals surface area (Å²) in [4.78, 5) is 61.8. The van der Waals surface area contributed by atoms with Gasteiger partial charge in [0, 0.05) is 18.6 Å². The Kier molecular flexibility index (Phi) is 13.4. The molecule has 0 aliphatic rings. The molecule has 0 aliphatic carbocycles. The van der Waals surface area contributed by atoms with Crippen molar-refractivity contribution in [2.75, 3.05) is 13.2 Å². The van der Waals surface area contributed by atoms with Gasteiger partial charge in [-0.3, -0.25) is 19.2 Å². The minimum atomic E-state index is -1.40. The number of carboxylic acid groups (broad SMARTS) is 1. The van der Waals surface area contributed by atoms with E-state index >= 15 is 0 Å². The topological polar surface area (TPSA) is 191 Å². The van der Waals surface area contributed by atoms with Crippen molar-refractivity contribution in [3.8, 4) is 11.1 Å². The number of hydrogen-bond acceptors (Lipinski definition) is 8. The van der Waals surface area contributed by atoms with E-state index in [0.717, 1.165) is 11.1 Å². The molecule has 222 valence electrons. The highest BCUT2D eigenvalue weighted by atomic mass is 16.5. The summed E-state index contributed by atoms with van der Waals surface area (Å²) in [6, 6.07) is 12.3. The van der Waals surface area contributed by atoms with Gasteiger partial charge in [-0.25, -0.2) is 4.79 Å². The highest BCUT2D eigenvalue weighted by molar-refractivity contribution is 5.99. The van der Waals surface area contributed by atoms with Crippen LogP contribution < -0.4 is 16.0 Å². The summed E-state index contributed by atoms with van der Waals surface area (Å²) in [5.74, 6) is -4.27. The van der Waals surface area contributed by atoms with Gasteiger partial charge in [-0.1, -0.05) is 42.5 Å². The van der Waals surface area contributed by atoms with E-state index in [0.29, 0.717) is 12.8 Å². The number of carboxylic acids is 1. The third kappa shape index (κ3) is 11.0. The maximum absolute atomic E-state index is 12.9. The first-order chi connectivity index (χ1) is 19.5. The smallest absolute Gasteiger partial charge is 0.328 e. The average Bonchev–Trinajstić information content (AvgIpc) is 2.95. The second-order valence-corrected chi connectivity index (χ2v) is 9.46. The van der Waals surface area contributed by atoms with Gasteiger partial charge in [0.1, 0.15) is 18.1 Å². The molecule has 2 aromatic rings. The zero-order chi connectivity index (χ0) is 30.4. The van der Waals surface area contributed by atoms with Crippen molar-refractivity contribution in [1.82, 2.24) is 16.0 Å². The molecule has 6 N–H and O–H groups in total. The first kappa shape index (κ1) is 32.9. The number of aliphatic carboxylic acids is 1. The number of hydrogen-bond donors (Lipinski definition) is 6. The molecule has 0 heterocycles. The molecule has 0 fully saturated rings. The number of esters is 1. The largest absolute Gasteiger partial charge is 0.481 e. The minimum Gasteiger partial charge on any atom is -0.481 e. The summed E-state index contributed by atoms with van der Waals surface area (Å²) >= 11 is 0. The number of ether oxygens (including phenoxy) is 1. The number of unbranched alkanes of at least 4 members (excludes halogenated alkanes) is 1. The lowest BCUT2D eigenvalue weighted by Gasteiger charge is -2.24. The van der Waals surface area contributed by atoms with Crippen molar-refractivity contribution >= 4 is 29.7 Å². The zero-order valence-electron chi connectivity index (χ0n) is 23.0. The van der Waals surface area contributed by atoms with Crippen molar-refractivity contribution in [2.24, 2.45) is 0 Å². The van der Waals surface area contributed by atoms with Crippen LogP contribution >= 0.6 is 0 Å². The van der Waals surface area contributed by atoms with Crippen LogP contribution in [0.15, 0.2) is 54.6 Å². The van der Waals surface area contributed by atoms with Gasteiger partial charge in [-0.15, -0.1) is 0 Å². The molecule has 0 saturated carbocycles. The van der Waals surface area contributed by atoms with Crippen LogP contribution in [-0.4, -0.2) is 82.4 Å². The van der Waals surface area contributed by atoms with Gasteiger partial charge in [-0.05, 0) is 56.4 Å². The third-order valence-corrected chi connectivity index (χ3v) is 6.10. The molecule has 0 unspecified atom stereocenters. The van der Waals surface area contributed by atoms with Crippen LogP contribution in [0.4, 0.5) is 0 Å². The van der Waals surface area contributed by atoms with Crippen LogP contribution in [0.25, 0.3) is 11.1 Å². The molecule has 0 bridgehead atoms. The van der Waals surface area contributed by atoms with E-state index in [9.17, 15) is 29.1 Å². The van der Waals surface area contributed by atoms with Crippen LogP contribution in [0.3, 0.4) is 0 Å². The van der Waals surface area contributed by atoms with E-state index in [1.165, 1.54) is 13.8 Å². The molecule has 2 rings (SSSR count). The number of nitrogens with one attached hydrogen (secondary N) is 3. The van der Waals surface area contributed by atoms with E-state index in [4.69, 9.17) is 14.9 Å². The molecule has 0 spiro atoms. The van der Waals surface area contributed by atoms with Gasteiger partial charge in [-0.2, -0.15) is 0 Å². The van der Waals surface area contributed by atoms with Gasteiger partial charge in [0.05, 0.1) is 12.7 Å². The molecule has 0 saturated heterocycles. The fourth-order valence-corrected chi connectivity index (χ4v) is 3.74. The number of carbonyl (C=O) groups is 5. The van der Waals surface area contributed by atoms with Crippen molar-refractivity contribution in [3.05, 3.63) is 60.2 Å². The molecule has 4 atom stereocenters. The Morgan fingerprint density at radius 2 is 1.46 bits per heavy atom. The molecule has 0 aliphatic heterocycles. The quantitative estimate of drug-likeness (QED) is 0.126. The maximum atomic E-state index is 12.9. The zero-order valence-corrected chi connectivity index (χ0v) is 23.0. The van der Waals surface area contributed by atoms with Crippen LogP contribution in [0.2, 0.25) is 0 Å². The fraction of sp³-hybridized carbons (Fsp3) is 0.414. The Labute approximate surface area is 238 Å². The highest BCUT2D eigenvalue weighted by Gasteiger charge is 2.30. The van der Waals surface area contributed by atoms with Crippen molar-refractivity contribution < 1.29 is 44.0 Å². The molecule has 0 aromatic heterocycles. The minimum absolute atomic E-state index is 0.0180. The first-order valence-corrected chi connectivity index (χ1v) is 13.3. The maximum Gasteiger partial charge on any atom is 0.328 e. The van der Waals surface area contributed by atoms with Crippen LogP contribution in [0.1, 0.15) is 49.9 Å². The SMILES string of the molecule is C[C@H](NC(=O)[C@@H](NC(=O)c1ccc(-c2ccccc2)cc1)[C@@H](C)O)C(=O)N[C@@H](CCC(=O)O)C(=O)OCCCCO. The number of amides is 3. The average molecular weight is 572 g/mol. The van der Waals surface area contributed by atoms with Crippen LogP contribution in [0.5, 0.6) is 0 Å². The normalized spacial score (nSPS) is 13.7. The lowest BCUT2D eigenvalue weighted by Crippen LogP contribution is -2.57. The number of benzene rings is 2. The molecule has 2 aromatic carbocycles. The molecule has 12 nitrogen and oxygen atoms in total. The third-order valence-electron chi connectivity index (χ3n) is 6.10. The summed E-state index contributed by atoms with van der Waals surface area (Å²) < 4.78 is 5.06. The summed E-state index contributed by atoms with van der Waals surface area (Å²) in [6.07, 6.45) is -1.17. The van der Waals surface area contributed by atoms with E-state index in [2.05, 4.69) is 16.0 Å². The van der Waals surface area contributed by atoms with E-state index in [-0.39, 0.29) is 25.2 Å². The lowest BCUT2D eigenvalue weighted by atomic mass is 10.0. The Hall–Kier alpha value is -4.29. The van der Waals surface area contributed by atoms with E-state index in [1.54, 1.807) is 24.3 Å². The number of carbonyl (C=O) groups excluding carboxylic acids is 4. The molecular formula is C29H37N3O9. The van der Waals surface area contributed by atoms with Gasteiger partial charge in [0.15, 0.2) is 0 Å². The number of aliphatic hydroxyl groups excluding tert-OH is 2. The number of aliphatic hydroxyl groups is 2. The van der Waals surface area contributed by atoms with Gasteiger partial charge in [0.25, 0.3) is 5.91 Å². The van der Waals surface area contributed by atoms with Crippen LogP contribution in [-0.2, 0) is 23.9 Å². The summed E-state index contributed by atoms with van der Waals surface area (Å²) in [7, 11) is 0. The second kappa shape index (κ2) is 16.7. The monoisotopic (exact) mass is 571 g/mol. The van der Waals surface area contributed by atoms with E-state index < -0.39 is 60.3 Å². The Bertz CT molecular complexity index is 1170. The summed E-state index contributed by atoms with van der Waals surface area (Å²) in [5.41, 5.74) is 2.11. The summed E-state index contributed by atoms with van der Waals surface area (Å²) in [5, 5.41) is 35.2. The Morgan fingerprint density at radius 1 is 0.829 bits per heavy atom. The van der Waals surface area contributed by atoms with Crippen molar-refractivity contribution in [3.63, 3.8) is 0 Å². The van der Waals surface area contributed by atoms with Gasteiger partial charge >= 0.3 is 11.9 Å². The molecule has 12 heteroatoms. The van der Waals surface area contributed by atoms with Crippen molar-refractivity contribution in [1.29, 1.82) is 0 Å². The van der Waals surface area contributed by atoms with Gasteiger partial charge < -0.3 is 36.0 Å². The predicted molar refractivity (Wildman–Crippen MR) is 148 cm³/mol. The molecule has 3 amide bonds. The van der Waals surface area contributed by atoms with Crippen LogP contribution in [0, 0.1) is 0 Å². The van der Waals surface area contributed by atoms with Gasteiger partial charge in [0.2, 0.25) is 11.8 Å². The lowest BCUT2D eigenvalue weighted by molar-refractivity contribution is -0.149. The fourth-order valence-electron chi connectivity index (χ4n) is 3.74. The Balaban J connectivity index is 2.00. The number of rotatable bonds is 16. The highest BCUT2D eigenvalue weighted by Crippen LogP contribution is 2.19. The Morgan fingerprint density at radius 3 is 2.05 bits per heavy atom. The molecule has 0 radical (unpaired) electrons. The summed E-state index contributed by atoms with van der Waals surface area (Å²) in [6.45, 7) is 2.54. The molecular weight excluding hydrogens is 534 g/mol. The molecule has 41 heavy (non-hydrogen) atoms.